The van der Waals surface area contributed by atoms with E-state index in [0.29, 0.717) is 17.1 Å². The minimum Gasteiger partial charge on any atom is -0.436 e. The molecule has 2 aromatic rings. The first-order chi connectivity index (χ1) is 5.27. The van der Waals surface area contributed by atoms with E-state index in [1.807, 2.05) is 0 Å². The molecule has 0 atom stereocenters. The Hall–Kier alpha value is -1.23. The van der Waals surface area contributed by atoms with Crippen LogP contribution in [0.4, 0.5) is 0 Å². The minimum atomic E-state index is 0.190. The topological polar surface area (TPSA) is 64.7 Å². The Bertz CT molecular complexity index is 398. The second-order valence-electron chi connectivity index (χ2n) is 1.97. The van der Waals surface area contributed by atoms with E-state index in [2.05, 4.69) is 20.4 Å². The second-order valence-corrected chi connectivity index (χ2v) is 2.32. The summed E-state index contributed by atoms with van der Waals surface area (Å²) in [7, 11) is 0. The SMILES string of the molecule is Cc1nc2nnnc(Cl)c2o1. The molecule has 0 saturated carbocycles. The first kappa shape index (κ1) is 6.48. The van der Waals surface area contributed by atoms with Gasteiger partial charge in [-0.3, -0.25) is 0 Å². The lowest BCUT2D eigenvalue weighted by atomic mass is 10.6. The zero-order valence-corrected chi connectivity index (χ0v) is 6.33. The smallest absolute Gasteiger partial charge is 0.225 e. The molecule has 0 aromatic carbocycles. The largest absolute Gasteiger partial charge is 0.436 e. The van der Waals surface area contributed by atoms with Gasteiger partial charge in [-0.15, -0.1) is 10.2 Å². The summed E-state index contributed by atoms with van der Waals surface area (Å²) in [5, 5.41) is 10.7. The third kappa shape index (κ3) is 0.932. The highest BCUT2D eigenvalue weighted by atomic mass is 35.5. The molecule has 0 aliphatic carbocycles. The number of aryl methyl sites for hydroxylation is 1. The summed E-state index contributed by atoms with van der Waals surface area (Å²) in [4.78, 5) is 3.91. The molecule has 6 heteroatoms. The van der Waals surface area contributed by atoms with Crippen molar-refractivity contribution in [2.75, 3.05) is 0 Å². The fraction of sp³-hybridized carbons (Fsp3) is 0.200. The van der Waals surface area contributed by atoms with Crippen LogP contribution in [0.2, 0.25) is 5.15 Å². The molecule has 0 aliphatic rings. The molecule has 0 fully saturated rings. The van der Waals surface area contributed by atoms with Crippen LogP contribution in [0.25, 0.3) is 11.2 Å². The molecule has 0 amide bonds. The van der Waals surface area contributed by atoms with Crippen LogP contribution in [-0.2, 0) is 0 Å². The van der Waals surface area contributed by atoms with Crippen molar-refractivity contribution in [2.45, 2.75) is 6.92 Å². The number of hydrogen-bond acceptors (Lipinski definition) is 5. The highest BCUT2D eigenvalue weighted by Gasteiger charge is 2.08. The quantitative estimate of drug-likeness (QED) is 0.590. The molecule has 0 aliphatic heterocycles. The van der Waals surface area contributed by atoms with Gasteiger partial charge >= 0.3 is 0 Å². The van der Waals surface area contributed by atoms with Crippen molar-refractivity contribution in [3.63, 3.8) is 0 Å². The lowest BCUT2D eigenvalue weighted by Crippen LogP contribution is -1.87. The molecule has 2 aromatic heterocycles. The molecule has 0 N–H and O–H groups in total. The van der Waals surface area contributed by atoms with E-state index in [4.69, 9.17) is 16.0 Å². The monoisotopic (exact) mass is 170 g/mol. The molecule has 0 saturated heterocycles. The maximum atomic E-state index is 5.62. The van der Waals surface area contributed by atoms with Crippen LogP contribution in [-0.4, -0.2) is 20.4 Å². The molecular weight excluding hydrogens is 168 g/mol. The van der Waals surface area contributed by atoms with Gasteiger partial charge in [0.15, 0.2) is 11.0 Å². The van der Waals surface area contributed by atoms with Crippen LogP contribution in [0.1, 0.15) is 5.89 Å². The van der Waals surface area contributed by atoms with Crippen molar-refractivity contribution in [1.82, 2.24) is 20.4 Å². The molecule has 0 radical (unpaired) electrons. The highest BCUT2D eigenvalue weighted by Crippen LogP contribution is 2.18. The third-order valence-corrected chi connectivity index (χ3v) is 1.42. The van der Waals surface area contributed by atoms with Gasteiger partial charge in [-0.25, -0.2) is 0 Å². The van der Waals surface area contributed by atoms with E-state index in [-0.39, 0.29) is 5.15 Å². The summed E-state index contributed by atoms with van der Waals surface area (Å²) < 4.78 is 5.09. The van der Waals surface area contributed by atoms with Crippen LogP contribution in [0.15, 0.2) is 4.42 Å². The number of halogens is 1. The molecule has 56 valence electrons. The Balaban J connectivity index is 2.90. The van der Waals surface area contributed by atoms with Crippen LogP contribution in [0.3, 0.4) is 0 Å². The van der Waals surface area contributed by atoms with Crippen molar-refractivity contribution in [2.24, 2.45) is 0 Å². The predicted octanol–water partition coefficient (Wildman–Crippen LogP) is 0.975. The van der Waals surface area contributed by atoms with Gasteiger partial charge in [0.05, 0.1) is 0 Å². The van der Waals surface area contributed by atoms with E-state index < -0.39 is 0 Å². The zero-order chi connectivity index (χ0) is 7.84. The zero-order valence-electron chi connectivity index (χ0n) is 5.58. The van der Waals surface area contributed by atoms with Crippen LogP contribution in [0.5, 0.6) is 0 Å². The molecule has 0 bridgehead atoms. The molecule has 5 nitrogen and oxygen atoms in total. The summed E-state index contributed by atoms with van der Waals surface area (Å²) >= 11 is 5.62. The van der Waals surface area contributed by atoms with Crippen molar-refractivity contribution >= 4 is 22.8 Å². The van der Waals surface area contributed by atoms with Crippen LogP contribution in [0, 0.1) is 6.92 Å². The van der Waals surface area contributed by atoms with E-state index in [0.717, 1.165) is 0 Å². The van der Waals surface area contributed by atoms with Gasteiger partial charge in [0.25, 0.3) is 0 Å². The van der Waals surface area contributed by atoms with Crippen molar-refractivity contribution in [3.05, 3.63) is 11.0 Å². The van der Waals surface area contributed by atoms with Crippen LogP contribution >= 0.6 is 11.6 Å². The van der Waals surface area contributed by atoms with Gasteiger partial charge < -0.3 is 4.42 Å². The Morgan fingerprint density at radius 3 is 2.91 bits per heavy atom. The maximum Gasteiger partial charge on any atom is 0.225 e. The number of rotatable bonds is 0. The van der Waals surface area contributed by atoms with E-state index >= 15 is 0 Å². The molecule has 2 rings (SSSR count). The number of oxazole rings is 1. The summed E-state index contributed by atoms with van der Waals surface area (Å²) in [5.74, 6) is 0.504. The minimum absolute atomic E-state index is 0.190. The third-order valence-electron chi connectivity index (χ3n) is 1.18. The fourth-order valence-corrected chi connectivity index (χ4v) is 0.925. The standard InChI is InChI=1S/C5H3ClN4O/c1-2-7-5-3(11-2)4(6)8-10-9-5/h1H3. The molecule has 11 heavy (non-hydrogen) atoms. The lowest BCUT2D eigenvalue weighted by molar-refractivity contribution is 0.559. The van der Waals surface area contributed by atoms with E-state index in [1.165, 1.54) is 0 Å². The number of nitrogens with zero attached hydrogens (tertiary/aromatic N) is 4. The summed E-state index contributed by atoms with van der Waals surface area (Å²) in [6.45, 7) is 1.71. The Morgan fingerprint density at radius 1 is 1.36 bits per heavy atom. The predicted molar refractivity (Wildman–Crippen MR) is 37.1 cm³/mol. The second kappa shape index (κ2) is 2.13. The Morgan fingerprint density at radius 2 is 2.18 bits per heavy atom. The van der Waals surface area contributed by atoms with Crippen molar-refractivity contribution in [3.8, 4) is 0 Å². The average molecular weight is 171 g/mol. The van der Waals surface area contributed by atoms with Gasteiger partial charge in [0.2, 0.25) is 11.2 Å². The lowest BCUT2D eigenvalue weighted by Gasteiger charge is -1.83. The fourth-order valence-electron chi connectivity index (χ4n) is 0.768. The molecule has 0 unspecified atom stereocenters. The van der Waals surface area contributed by atoms with E-state index in [9.17, 15) is 0 Å². The normalized spacial score (nSPS) is 10.7. The molecular formula is C5H3ClN4O. The number of hydrogen-bond donors (Lipinski definition) is 0. The number of aromatic nitrogens is 4. The highest BCUT2D eigenvalue weighted by molar-refractivity contribution is 6.33. The first-order valence-electron chi connectivity index (χ1n) is 2.89. The Labute approximate surface area is 66.4 Å². The average Bonchev–Trinajstić information content (AvgIpc) is 2.31. The first-order valence-corrected chi connectivity index (χ1v) is 3.27. The number of fused-ring (bicyclic) bond motifs is 1. The maximum absolute atomic E-state index is 5.62. The summed E-state index contributed by atoms with van der Waals surface area (Å²) in [6, 6.07) is 0. The summed E-state index contributed by atoms with van der Waals surface area (Å²) in [6.07, 6.45) is 0. The van der Waals surface area contributed by atoms with Crippen LogP contribution < -0.4 is 0 Å². The molecule has 2 heterocycles. The van der Waals surface area contributed by atoms with Crippen molar-refractivity contribution in [1.29, 1.82) is 0 Å². The van der Waals surface area contributed by atoms with Gasteiger partial charge in [0, 0.05) is 6.92 Å². The van der Waals surface area contributed by atoms with Gasteiger partial charge in [-0.1, -0.05) is 11.6 Å². The van der Waals surface area contributed by atoms with Gasteiger partial charge in [-0.05, 0) is 5.21 Å². The Kier molecular flexibility index (Phi) is 1.25. The molecule has 0 spiro atoms. The van der Waals surface area contributed by atoms with Gasteiger partial charge in [-0.2, -0.15) is 4.98 Å². The van der Waals surface area contributed by atoms with E-state index in [1.54, 1.807) is 6.92 Å². The van der Waals surface area contributed by atoms with Crippen molar-refractivity contribution < 1.29 is 4.42 Å². The summed E-state index contributed by atoms with van der Waals surface area (Å²) in [5.41, 5.74) is 0.779. The van der Waals surface area contributed by atoms with Gasteiger partial charge in [0.1, 0.15) is 0 Å².